The summed E-state index contributed by atoms with van der Waals surface area (Å²) in [5.41, 5.74) is 2.20. The number of hydrogen-bond acceptors (Lipinski definition) is 4. The van der Waals surface area contributed by atoms with E-state index < -0.39 is 5.92 Å². The molecular formula is C26H20O4. The predicted molar refractivity (Wildman–Crippen MR) is 117 cm³/mol. The van der Waals surface area contributed by atoms with Crippen LogP contribution in [0.3, 0.4) is 0 Å². The number of hydrogen-bond donors (Lipinski definition) is 0. The van der Waals surface area contributed by atoms with Gasteiger partial charge in [0.05, 0.1) is 26.6 Å². The molecule has 0 saturated heterocycles. The minimum absolute atomic E-state index is 0.0974. The van der Waals surface area contributed by atoms with E-state index in [9.17, 15) is 9.59 Å². The van der Waals surface area contributed by atoms with Crippen LogP contribution in [0.4, 0.5) is 0 Å². The number of methoxy groups -OCH3 is 2. The van der Waals surface area contributed by atoms with E-state index in [2.05, 4.69) is 12.1 Å². The number of benzene rings is 4. The quantitative estimate of drug-likeness (QED) is 0.348. The first kappa shape index (κ1) is 18.4. The SMILES string of the molecule is COc1ccc(C2C(=O)CC(=O)c3c2ccc2c3ccc3ccccc32)cc1OC. The van der Waals surface area contributed by atoms with E-state index in [1.165, 1.54) is 0 Å². The van der Waals surface area contributed by atoms with E-state index >= 15 is 0 Å². The number of rotatable bonds is 3. The fourth-order valence-corrected chi connectivity index (χ4v) is 4.58. The summed E-state index contributed by atoms with van der Waals surface area (Å²) in [6, 6.07) is 21.6. The topological polar surface area (TPSA) is 52.6 Å². The van der Waals surface area contributed by atoms with E-state index in [0.29, 0.717) is 17.1 Å². The summed E-state index contributed by atoms with van der Waals surface area (Å²) < 4.78 is 10.8. The van der Waals surface area contributed by atoms with Crippen molar-refractivity contribution in [2.75, 3.05) is 14.2 Å². The highest BCUT2D eigenvalue weighted by Gasteiger charge is 2.35. The van der Waals surface area contributed by atoms with Gasteiger partial charge < -0.3 is 9.47 Å². The Hall–Kier alpha value is -3.66. The summed E-state index contributed by atoms with van der Waals surface area (Å²) in [6.45, 7) is 0. The minimum atomic E-state index is -0.506. The van der Waals surface area contributed by atoms with Crippen molar-refractivity contribution in [1.82, 2.24) is 0 Å². The van der Waals surface area contributed by atoms with Crippen LogP contribution in [0.2, 0.25) is 0 Å². The zero-order chi connectivity index (χ0) is 20.8. The largest absolute Gasteiger partial charge is 0.493 e. The average molecular weight is 396 g/mol. The van der Waals surface area contributed by atoms with Gasteiger partial charge in [-0.15, -0.1) is 0 Å². The molecule has 0 radical (unpaired) electrons. The van der Waals surface area contributed by atoms with Gasteiger partial charge in [-0.05, 0) is 44.8 Å². The normalized spacial score (nSPS) is 16.0. The van der Waals surface area contributed by atoms with Crippen LogP contribution in [0.15, 0.2) is 66.7 Å². The maximum absolute atomic E-state index is 13.0. The number of ketones is 2. The van der Waals surface area contributed by atoms with Gasteiger partial charge >= 0.3 is 0 Å². The molecule has 4 heteroatoms. The van der Waals surface area contributed by atoms with Crippen LogP contribution in [0.5, 0.6) is 11.5 Å². The summed E-state index contributed by atoms with van der Waals surface area (Å²) in [4.78, 5) is 26.0. The smallest absolute Gasteiger partial charge is 0.171 e. The second-order valence-corrected chi connectivity index (χ2v) is 7.53. The van der Waals surface area contributed by atoms with Crippen LogP contribution in [-0.2, 0) is 4.79 Å². The Balaban J connectivity index is 1.76. The van der Waals surface area contributed by atoms with Crippen molar-refractivity contribution < 1.29 is 19.1 Å². The molecule has 0 saturated carbocycles. The van der Waals surface area contributed by atoms with E-state index in [1.807, 2.05) is 48.5 Å². The van der Waals surface area contributed by atoms with Gasteiger partial charge in [0.2, 0.25) is 0 Å². The van der Waals surface area contributed by atoms with Gasteiger partial charge in [-0.3, -0.25) is 9.59 Å². The Morgan fingerprint density at radius 3 is 2.33 bits per heavy atom. The molecule has 1 aliphatic rings. The summed E-state index contributed by atoms with van der Waals surface area (Å²) in [7, 11) is 3.15. The maximum atomic E-state index is 13.0. The van der Waals surface area contributed by atoms with Crippen LogP contribution in [0.25, 0.3) is 21.5 Å². The fourth-order valence-electron chi connectivity index (χ4n) is 4.58. The molecule has 4 aromatic carbocycles. The molecule has 0 amide bonds. The summed E-state index contributed by atoms with van der Waals surface area (Å²) in [6.07, 6.45) is -0.0993. The summed E-state index contributed by atoms with van der Waals surface area (Å²) in [5, 5.41) is 4.15. The van der Waals surface area contributed by atoms with E-state index in [0.717, 1.165) is 32.7 Å². The molecule has 148 valence electrons. The Labute approximate surface area is 174 Å². The monoisotopic (exact) mass is 396 g/mol. The zero-order valence-corrected chi connectivity index (χ0v) is 16.8. The van der Waals surface area contributed by atoms with Crippen molar-refractivity contribution in [2.45, 2.75) is 12.3 Å². The molecular weight excluding hydrogens is 376 g/mol. The number of fused-ring (bicyclic) bond motifs is 5. The Bertz CT molecular complexity index is 1340. The third-order valence-electron chi connectivity index (χ3n) is 5.95. The molecule has 0 aromatic heterocycles. The molecule has 1 unspecified atom stereocenters. The van der Waals surface area contributed by atoms with Crippen molar-refractivity contribution >= 4 is 33.1 Å². The van der Waals surface area contributed by atoms with Crippen LogP contribution in [0, 0.1) is 0 Å². The van der Waals surface area contributed by atoms with Gasteiger partial charge in [-0.2, -0.15) is 0 Å². The van der Waals surface area contributed by atoms with Gasteiger partial charge in [0.15, 0.2) is 23.1 Å². The zero-order valence-electron chi connectivity index (χ0n) is 16.8. The lowest BCUT2D eigenvalue weighted by Gasteiger charge is -2.26. The Kier molecular flexibility index (Phi) is 4.28. The van der Waals surface area contributed by atoms with E-state index in [-0.39, 0.29) is 18.0 Å². The van der Waals surface area contributed by atoms with Crippen LogP contribution >= 0.6 is 0 Å². The first-order chi connectivity index (χ1) is 14.6. The van der Waals surface area contributed by atoms with Gasteiger partial charge in [0.1, 0.15) is 0 Å². The van der Waals surface area contributed by atoms with Gasteiger partial charge in [0, 0.05) is 5.56 Å². The van der Waals surface area contributed by atoms with E-state index in [4.69, 9.17) is 9.47 Å². The number of ether oxygens (including phenoxy) is 2. The Morgan fingerprint density at radius 2 is 1.53 bits per heavy atom. The van der Waals surface area contributed by atoms with Gasteiger partial charge in [-0.1, -0.05) is 54.6 Å². The molecule has 0 aliphatic heterocycles. The lowest BCUT2D eigenvalue weighted by Crippen LogP contribution is -2.26. The molecule has 0 N–H and O–H groups in total. The highest BCUT2D eigenvalue weighted by Crippen LogP contribution is 2.41. The summed E-state index contributed by atoms with van der Waals surface area (Å²) >= 11 is 0. The van der Waals surface area contributed by atoms with Crippen LogP contribution in [0.1, 0.15) is 33.8 Å². The van der Waals surface area contributed by atoms with Gasteiger partial charge in [0.25, 0.3) is 0 Å². The van der Waals surface area contributed by atoms with Crippen LogP contribution in [-0.4, -0.2) is 25.8 Å². The molecule has 0 heterocycles. The lowest BCUT2D eigenvalue weighted by molar-refractivity contribution is -0.119. The number of carbonyl (C=O) groups is 2. The molecule has 4 aromatic rings. The van der Waals surface area contributed by atoms with Crippen molar-refractivity contribution in [1.29, 1.82) is 0 Å². The maximum Gasteiger partial charge on any atom is 0.171 e. The van der Waals surface area contributed by atoms with Crippen molar-refractivity contribution in [3.63, 3.8) is 0 Å². The number of carbonyl (C=O) groups excluding carboxylic acids is 2. The highest BCUT2D eigenvalue weighted by molar-refractivity contribution is 6.23. The van der Waals surface area contributed by atoms with Crippen LogP contribution < -0.4 is 9.47 Å². The van der Waals surface area contributed by atoms with Gasteiger partial charge in [-0.25, -0.2) is 0 Å². The molecule has 5 rings (SSSR count). The molecule has 4 nitrogen and oxygen atoms in total. The Morgan fingerprint density at radius 1 is 0.767 bits per heavy atom. The standard InChI is InChI=1S/C26H20O4/c1-29-23-12-8-16(13-24(23)30-2)25-20-11-10-18-17-6-4-3-5-15(17)7-9-19(18)26(20)22(28)14-21(25)27/h3-13,25H,14H2,1-2H3. The molecule has 0 spiro atoms. The fraction of sp³-hybridized carbons (Fsp3) is 0.154. The molecule has 0 bridgehead atoms. The molecule has 1 aliphatic carbocycles. The first-order valence-corrected chi connectivity index (χ1v) is 9.84. The third kappa shape index (κ3) is 2.68. The molecule has 0 fully saturated rings. The second kappa shape index (κ2) is 6.99. The van der Waals surface area contributed by atoms with E-state index in [1.54, 1.807) is 20.3 Å². The second-order valence-electron chi connectivity index (χ2n) is 7.53. The first-order valence-electron chi connectivity index (χ1n) is 9.84. The molecule has 1 atom stereocenters. The molecule has 30 heavy (non-hydrogen) atoms. The minimum Gasteiger partial charge on any atom is -0.493 e. The third-order valence-corrected chi connectivity index (χ3v) is 5.95. The predicted octanol–water partition coefficient (Wildman–Crippen LogP) is 5.30. The van der Waals surface area contributed by atoms with Crippen molar-refractivity contribution in [2.24, 2.45) is 0 Å². The highest BCUT2D eigenvalue weighted by atomic mass is 16.5. The van der Waals surface area contributed by atoms with Crippen molar-refractivity contribution in [3.05, 3.63) is 83.4 Å². The van der Waals surface area contributed by atoms with Crippen molar-refractivity contribution in [3.8, 4) is 11.5 Å². The number of Topliss-reactive ketones (excluding diaryl/α,β-unsaturated/α-hetero) is 2. The lowest BCUT2D eigenvalue weighted by atomic mass is 9.75. The average Bonchev–Trinajstić information content (AvgIpc) is 2.78. The summed E-state index contributed by atoms with van der Waals surface area (Å²) in [5.74, 6) is 0.444.